The number of nitrogens with zero attached hydrogens (tertiary/aromatic N) is 1. The first-order valence-corrected chi connectivity index (χ1v) is 7.67. The number of Topliss-reactive ketones (excluding diaryl/α,β-unsaturated/α-hetero) is 1. The minimum Gasteiger partial charge on any atom is -0.497 e. The Labute approximate surface area is 134 Å². The second kappa shape index (κ2) is 7.66. The van der Waals surface area contributed by atoms with E-state index < -0.39 is 0 Å². The van der Waals surface area contributed by atoms with Gasteiger partial charge >= 0.3 is 0 Å². The summed E-state index contributed by atoms with van der Waals surface area (Å²) in [6.07, 6.45) is 1.17. The Bertz CT molecular complexity index is 669. The normalized spacial score (nSPS) is 12.3. The largest absolute Gasteiger partial charge is 0.497 e. The highest BCUT2D eigenvalue weighted by molar-refractivity contribution is 8.00. The Morgan fingerprint density at radius 1 is 1.23 bits per heavy atom. The van der Waals surface area contributed by atoms with Gasteiger partial charge in [-0.25, -0.2) is 0 Å². The fourth-order valence-corrected chi connectivity index (χ4v) is 3.16. The van der Waals surface area contributed by atoms with Crippen LogP contribution in [0.4, 0.5) is 0 Å². The van der Waals surface area contributed by atoms with E-state index in [1.807, 2.05) is 55.5 Å². The minimum absolute atomic E-state index is 0.138. The number of ether oxygens (including phenoxy) is 1. The van der Waals surface area contributed by atoms with Crippen LogP contribution in [0.2, 0.25) is 0 Å². The minimum atomic E-state index is -0.390. The first kappa shape index (κ1) is 16.1. The van der Waals surface area contributed by atoms with Gasteiger partial charge in [0.05, 0.1) is 18.6 Å². The highest BCUT2D eigenvalue weighted by Crippen LogP contribution is 2.37. The second-order valence-corrected chi connectivity index (χ2v) is 5.86. The zero-order chi connectivity index (χ0) is 15.9. The summed E-state index contributed by atoms with van der Waals surface area (Å²) >= 11 is 1.49. The lowest BCUT2D eigenvalue weighted by atomic mass is 10.1. The Balaban J connectivity index is 2.33. The van der Waals surface area contributed by atoms with Crippen LogP contribution >= 0.6 is 11.8 Å². The van der Waals surface area contributed by atoms with Crippen LogP contribution in [0.25, 0.3) is 0 Å². The first-order chi connectivity index (χ1) is 10.7. The molecule has 1 atom stereocenters. The van der Waals surface area contributed by atoms with E-state index >= 15 is 0 Å². The van der Waals surface area contributed by atoms with Crippen LogP contribution in [0.3, 0.4) is 0 Å². The van der Waals surface area contributed by atoms with Gasteiger partial charge < -0.3 is 10.6 Å². The summed E-state index contributed by atoms with van der Waals surface area (Å²) in [6.45, 7) is 2.02. The summed E-state index contributed by atoms with van der Waals surface area (Å²) in [5, 5.41) is 2.98. The summed E-state index contributed by atoms with van der Waals surface area (Å²) in [5.74, 6) is 5.75. The number of nitrogens with two attached hydrogens (primary N) is 1. The van der Waals surface area contributed by atoms with E-state index in [9.17, 15) is 4.79 Å². The lowest BCUT2D eigenvalue weighted by molar-refractivity contribution is -0.112. The monoisotopic (exact) mass is 314 g/mol. The van der Waals surface area contributed by atoms with Crippen molar-refractivity contribution < 1.29 is 9.53 Å². The average molecular weight is 314 g/mol. The number of hydrogen-bond acceptors (Lipinski definition) is 5. The number of benzene rings is 2. The number of hydrazone groups is 1. The van der Waals surface area contributed by atoms with Gasteiger partial charge in [0.2, 0.25) is 0 Å². The maximum Gasteiger partial charge on any atom is 0.193 e. The molecule has 5 heteroatoms. The van der Waals surface area contributed by atoms with E-state index in [1.165, 1.54) is 18.0 Å². The number of ketones is 1. The number of hydrogen-bond donors (Lipinski definition) is 1. The molecule has 0 amide bonds. The molecule has 0 aliphatic heterocycles. The number of methoxy groups -OCH3 is 1. The topological polar surface area (TPSA) is 64.7 Å². The lowest BCUT2D eigenvalue weighted by Gasteiger charge is -2.15. The summed E-state index contributed by atoms with van der Waals surface area (Å²) in [5.41, 5.74) is 2.02. The van der Waals surface area contributed by atoms with Gasteiger partial charge in [0.1, 0.15) is 5.75 Å². The van der Waals surface area contributed by atoms with Crippen molar-refractivity contribution in [2.75, 3.05) is 7.11 Å². The van der Waals surface area contributed by atoms with E-state index in [0.29, 0.717) is 0 Å². The average Bonchev–Trinajstić information content (AvgIpc) is 2.54. The number of aryl methyl sites for hydroxylation is 1. The molecule has 0 aliphatic carbocycles. The molecule has 2 aromatic carbocycles. The van der Waals surface area contributed by atoms with Gasteiger partial charge in [-0.05, 0) is 36.2 Å². The summed E-state index contributed by atoms with van der Waals surface area (Å²) < 4.78 is 5.16. The second-order valence-electron chi connectivity index (χ2n) is 4.72. The molecule has 0 spiro atoms. The van der Waals surface area contributed by atoms with E-state index in [2.05, 4.69) is 5.10 Å². The van der Waals surface area contributed by atoms with Crippen LogP contribution in [0.15, 0.2) is 58.5 Å². The van der Waals surface area contributed by atoms with E-state index in [0.717, 1.165) is 21.8 Å². The fraction of sp³-hybridized carbons (Fsp3) is 0.176. The predicted octanol–water partition coefficient (Wildman–Crippen LogP) is 3.35. The fourth-order valence-electron chi connectivity index (χ4n) is 2.03. The molecule has 22 heavy (non-hydrogen) atoms. The molecule has 114 valence electrons. The Hall–Kier alpha value is -2.27. The molecular weight excluding hydrogens is 296 g/mol. The third-order valence-electron chi connectivity index (χ3n) is 3.22. The van der Waals surface area contributed by atoms with E-state index in [-0.39, 0.29) is 11.0 Å². The molecule has 2 rings (SSSR count). The molecule has 0 heterocycles. The number of carbonyl (C=O) groups excluding carboxylic acids is 1. The van der Waals surface area contributed by atoms with Crippen molar-refractivity contribution in [2.24, 2.45) is 10.9 Å². The summed E-state index contributed by atoms with van der Waals surface area (Å²) in [7, 11) is 1.61. The molecule has 0 aromatic heterocycles. The number of carbonyl (C=O) groups is 1. The van der Waals surface area contributed by atoms with Crippen LogP contribution in [-0.4, -0.2) is 19.1 Å². The molecule has 0 fully saturated rings. The quantitative estimate of drug-likeness (QED) is 0.384. The molecule has 4 nitrogen and oxygen atoms in total. The molecule has 0 saturated carbocycles. The lowest BCUT2D eigenvalue weighted by Crippen LogP contribution is -2.12. The standard InChI is InChI=1S/C17H18N2O2S/c1-12-5-3-4-6-16(12)22-17(15(20)11-19-18)13-7-9-14(21-2)10-8-13/h3-11,17H,18H2,1-2H3. The highest BCUT2D eigenvalue weighted by atomic mass is 32.2. The van der Waals surface area contributed by atoms with Gasteiger partial charge in [0.15, 0.2) is 5.78 Å². The van der Waals surface area contributed by atoms with Crippen LogP contribution in [0.5, 0.6) is 5.75 Å². The van der Waals surface area contributed by atoms with Crippen LogP contribution in [-0.2, 0) is 4.79 Å². The SMILES string of the molecule is COc1ccc(C(Sc2ccccc2C)C(=O)C=NN)cc1. The Morgan fingerprint density at radius 2 is 1.91 bits per heavy atom. The Kier molecular flexibility index (Phi) is 5.61. The van der Waals surface area contributed by atoms with E-state index in [4.69, 9.17) is 10.6 Å². The van der Waals surface area contributed by atoms with Crippen molar-refractivity contribution in [1.29, 1.82) is 0 Å². The molecular formula is C17H18N2O2S. The van der Waals surface area contributed by atoms with Crippen molar-refractivity contribution in [3.63, 3.8) is 0 Å². The maximum absolute atomic E-state index is 12.3. The molecule has 2 N–H and O–H groups in total. The summed E-state index contributed by atoms with van der Waals surface area (Å²) in [6, 6.07) is 15.4. The third-order valence-corrected chi connectivity index (χ3v) is 4.67. The van der Waals surface area contributed by atoms with Crippen LogP contribution in [0.1, 0.15) is 16.4 Å². The van der Waals surface area contributed by atoms with Gasteiger partial charge in [0, 0.05) is 4.90 Å². The van der Waals surface area contributed by atoms with Crippen molar-refractivity contribution >= 4 is 23.8 Å². The third kappa shape index (κ3) is 3.89. The first-order valence-electron chi connectivity index (χ1n) is 6.79. The highest BCUT2D eigenvalue weighted by Gasteiger charge is 2.21. The molecule has 0 saturated heterocycles. The van der Waals surface area contributed by atoms with Crippen molar-refractivity contribution in [3.05, 3.63) is 59.7 Å². The van der Waals surface area contributed by atoms with Gasteiger partial charge in [-0.2, -0.15) is 5.10 Å². The van der Waals surface area contributed by atoms with Crippen molar-refractivity contribution in [3.8, 4) is 5.75 Å². The van der Waals surface area contributed by atoms with Gasteiger partial charge in [-0.1, -0.05) is 30.3 Å². The Morgan fingerprint density at radius 3 is 2.50 bits per heavy atom. The van der Waals surface area contributed by atoms with Gasteiger partial charge in [0.25, 0.3) is 0 Å². The maximum atomic E-state index is 12.3. The predicted molar refractivity (Wildman–Crippen MR) is 90.5 cm³/mol. The zero-order valence-corrected chi connectivity index (χ0v) is 13.3. The molecule has 2 aromatic rings. The van der Waals surface area contributed by atoms with Gasteiger partial charge in [-0.3, -0.25) is 4.79 Å². The summed E-state index contributed by atoms with van der Waals surface area (Å²) in [4.78, 5) is 13.4. The van der Waals surface area contributed by atoms with Crippen LogP contribution < -0.4 is 10.6 Å². The molecule has 1 unspecified atom stereocenters. The van der Waals surface area contributed by atoms with Crippen LogP contribution in [0, 0.1) is 6.92 Å². The van der Waals surface area contributed by atoms with Gasteiger partial charge in [-0.15, -0.1) is 11.8 Å². The smallest absolute Gasteiger partial charge is 0.193 e. The van der Waals surface area contributed by atoms with Crippen molar-refractivity contribution in [1.82, 2.24) is 0 Å². The molecule has 0 radical (unpaired) electrons. The van der Waals surface area contributed by atoms with E-state index in [1.54, 1.807) is 7.11 Å². The molecule has 0 bridgehead atoms. The number of thioether (sulfide) groups is 1. The van der Waals surface area contributed by atoms with Crippen molar-refractivity contribution in [2.45, 2.75) is 17.1 Å². The zero-order valence-electron chi connectivity index (χ0n) is 12.5. The number of rotatable bonds is 6. The molecule has 0 aliphatic rings.